The molecule has 0 aromatic rings. The highest BCUT2D eigenvalue weighted by Gasteiger charge is 2.12. The first-order chi connectivity index (χ1) is 8.78. The monoisotopic (exact) mass is 251 g/mol. The van der Waals surface area contributed by atoms with Gasteiger partial charge in [-0.2, -0.15) is 0 Å². The minimum absolute atomic E-state index is 0.517. The second-order valence-electron chi connectivity index (χ2n) is 5.37. The van der Waals surface area contributed by atoms with Crippen LogP contribution >= 0.6 is 0 Å². The first-order valence-corrected chi connectivity index (χ1v) is 7.97. The Hall–Kier alpha value is -0.480. The van der Waals surface area contributed by atoms with Crippen LogP contribution in [-0.2, 0) is 0 Å². The van der Waals surface area contributed by atoms with E-state index in [1.165, 1.54) is 51.4 Å². The van der Waals surface area contributed by atoms with Crippen molar-refractivity contribution in [2.75, 3.05) is 0 Å². The number of rotatable bonds is 12. The molecule has 0 fully saturated rings. The Labute approximate surface area is 115 Å². The first kappa shape index (κ1) is 17.5. The third kappa shape index (κ3) is 9.54. The zero-order chi connectivity index (χ0) is 13.6. The van der Waals surface area contributed by atoms with Crippen molar-refractivity contribution in [2.24, 2.45) is 0 Å². The van der Waals surface area contributed by atoms with Crippen molar-refractivity contribution in [3.63, 3.8) is 0 Å². The predicted octanol–water partition coefficient (Wildman–Crippen LogP) is 4.91. The Balaban J connectivity index is 4.04. The molecule has 0 aromatic carbocycles. The molecule has 0 aliphatic rings. The van der Waals surface area contributed by atoms with Gasteiger partial charge in [0.2, 0.25) is 0 Å². The maximum atomic E-state index is 5.43. The summed E-state index contributed by atoms with van der Waals surface area (Å²) < 4.78 is 0. The topological polar surface area (TPSA) is 12.0 Å². The van der Waals surface area contributed by atoms with Crippen LogP contribution in [-0.4, -0.2) is 12.1 Å². The number of hydrogen-bond acceptors (Lipinski definition) is 1. The average molecular weight is 251 g/mol. The maximum Gasteiger partial charge on any atom is 0.0240 e. The average Bonchev–Trinajstić information content (AvgIpc) is 2.38. The number of hydrogen-bond donors (Lipinski definition) is 1. The molecule has 0 amide bonds. The van der Waals surface area contributed by atoms with Gasteiger partial charge in [-0.1, -0.05) is 59.3 Å². The Morgan fingerprint density at radius 1 is 0.889 bits per heavy atom. The van der Waals surface area contributed by atoms with Crippen molar-refractivity contribution in [3.8, 4) is 12.3 Å². The van der Waals surface area contributed by atoms with Crippen molar-refractivity contribution >= 4 is 0 Å². The molecule has 0 aromatic heterocycles. The van der Waals surface area contributed by atoms with Crippen LogP contribution in [0.25, 0.3) is 0 Å². The Bertz CT molecular complexity index is 194. The molecule has 0 rings (SSSR count). The summed E-state index contributed by atoms with van der Waals surface area (Å²) in [4.78, 5) is 0. The Morgan fingerprint density at radius 2 is 1.44 bits per heavy atom. The Kier molecular flexibility index (Phi) is 12.6. The van der Waals surface area contributed by atoms with Crippen LogP contribution < -0.4 is 5.32 Å². The summed E-state index contributed by atoms with van der Waals surface area (Å²) in [6, 6.07) is 1.20. The van der Waals surface area contributed by atoms with E-state index < -0.39 is 0 Å². The highest BCUT2D eigenvalue weighted by Crippen LogP contribution is 2.13. The van der Waals surface area contributed by atoms with Gasteiger partial charge in [-0.3, -0.25) is 0 Å². The van der Waals surface area contributed by atoms with E-state index in [-0.39, 0.29) is 0 Å². The van der Waals surface area contributed by atoms with Crippen LogP contribution in [0.5, 0.6) is 0 Å². The minimum Gasteiger partial charge on any atom is -0.310 e. The first-order valence-electron chi connectivity index (χ1n) is 7.97. The lowest BCUT2D eigenvalue weighted by atomic mass is 10.00. The van der Waals surface area contributed by atoms with Crippen molar-refractivity contribution in [1.29, 1.82) is 0 Å². The SMILES string of the molecule is C#CCC(CC)NC(CCCCC)CCCCC. The molecule has 0 aliphatic heterocycles. The lowest BCUT2D eigenvalue weighted by Crippen LogP contribution is -2.37. The number of nitrogens with one attached hydrogen (secondary N) is 1. The molecule has 1 heteroatoms. The third-order valence-corrected chi connectivity index (χ3v) is 3.64. The minimum atomic E-state index is 0.517. The molecular weight excluding hydrogens is 218 g/mol. The summed E-state index contributed by atoms with van der Waals surface area (Å²) >= 11 is 0. The normalized spacial score (nSPS) is 12.6. The van der Waals surface area contributed by atoms with E-state index in [2.05, 4.69) is 32.0 Å². The van der Waals surface area contributed by atoms with Crippen molar-refractivity contribution in [3.05, 3.63) is 0 Å². The van der Waals surface area contributed by atoms with E-state index in [9.17, 15) is 0 Å². The second kappa shape index (κ2) is 13.0. The molecule has 0 saturated carbocycles. The molecular formula is C17H33N. The van der Waals surface area contributed by atoms with Gasteiger partial charge in [-0.25, -0.2) is 0 Å². The molecule has 0 bridgehead atoms. The molecule has 0 heterocycles. The summed E-state index contributed by atoms with van der Waals surface area (Å²) in [5, 5.41) is 3.78. The van der Waals surface area contributed by atoms with Crippen LogP contribution in [0.15, 0.2) is 0 Å². The van der Waals surface area contributed by atoms with Gasteiger partial charge in [0.1, 0.15) is 0 Å². The molecule has 0 spiro atoms. The van der Waals surface area contributed by atoms with Crippen LogP contribution in [0.3, 0.4) is 0 Å². The third-order valence-electron chi connectivity index (χ3n) is 3.64. The van der Waals surface area contributed by atoms with E-state index in [4.69, 9.17) is 6.42 Å². The van der Waals surface area contributed by atoms with Gasteiger partial charge in [-0.05, 0) is 19.3 Å². The van der Waals surface area contributed by atoms with E-state index in [0.717, 1.165) is 12.8 Å². The zero-order valence-electron chi connectivity index (χ0n) is 12.8. The molecule has 0 saturated heterocycles. The van der Waals surface area contributed by atoms with E-state index >= 15 is 0 Å². The summed E-state index contributed by atoms with van der Waals surface area (Å²) in [5.41, 5.74) is 0. The molecule has 106 valence electrons. The molecule has 1 unspecified atom stereocenters. The lowest BCUT2D eigenvalue weighted by Gasteiger charge is -2.24. The highest BCUT2D eigenvalue weighted by molar-refractivity contribution is 4.90. The summed E-state index contributed by atoms with van der Waals surface area (Å²) in [7, 11) is 0. The van der Waals surface area contributed by atoms with Gasteiger partial charge >= 0.3 is 0 Å². The fraction of sp³-hybridized carbons (Fsp3) is 0.882. The van der Waals surface area contributed by atoms with E-state index in [1.54, 1.807) is 0 Å². The molecule has 1 nitrogen and oxygen atoms in total. The fourth-order valence-corrected chi connectivity index (χ4v) is 2.39. The van der Waals surface area contributed by atoms with Crippen LogP contribution in [0.1, 0.15) is 85.0 Å². The van der Waals surface area contributed by atoms with Gasteiger partial charge in [0.05, 0.1) is 0 Å². The van der Waals surface area contributed by atoms with E-state index in [0.29, 0.717) is 12.1 Å². The van der Waals surface area contributed by atoms with Crippen molar-refractivity contribution < 1.29 is 0 Å². The second-order valence-corrected chi connectivity index (χ2v) is 5.37. The van der Waals surface area contributed by atoms with Gasteiger partial charge in [0.15, 0.2) is 0 Å². The summed E-state index contributed by atoms with van der Waals surface area (Å²) in [6.07, 6.45) is 18.1. The fourth-order valence-electron chi connectivity index (χ4n) is 2.39. The largest absolute Gasteiger partial charge is 0.310 e. The molecule has 1 atom stereocenters. The van der Waals surface area contributed by atoms with Gasteiger partial charge in [0, 0.05) is 18.5 Å². The standard InChI is InChI=1S/C17H33N/c1-5-9-11-14-17(15-12-10-6-2)18-16(8-4)13-7-3/h3,16-18H,5-6,8-15H2,1-2,4H3. The molecule has 1 N–H and O–H groups in total. The van der Waals surface area contributed by atoms with Crippen LogP contribution in [0, 0.1) is 12.3 Å². The summed E-state index contributed by atoms with van der Waals surface area (Å²) in [5.74, 6) is 2.80. The van der Waals surface area contributed by atoms with Crippen molar-refractivity contribution in [1.82, 2.24) is 5.32 Å². The molecule has 0 aliphatic carbocycles. The predicted molar refractivity (Wildman–Crippen MR) is 82.7 cm³/mol. The van der Waals surface area contributed by atoms with E-state index in [1.807, 2.05) is 0 Å². The quantitative estimate of drug-likeness (QED) is 0.384. The van der Waals surface area contributed by atoms with Gasteiger partial charge in [0.25, 0.3) is 0 Å². The Morgan fingerprint density at radius 3 is 1.83 bits per heavy atom. The highest BCUT2D eigenvalue weighted by atomic mass is 14.9. The van der Waals surface area contributed by atoms with Crippen LogP contribution in [0.2, 0.25) is 0 Å². The lowest BCUT2D eigenvalue weighted by molar-refractivity contribution is 0.365. The smallest absolute Gasteiger partial charge is 0.0240 e. The number of unbranched alkanes of at least 4 members (excludes halogenated alkanes) is 4. The molecule has 0 radical (unpaired) electrons. The number of terminal acetylenes is 1. The van der Waals surface area contributed by atoms with Gasteiger partial charge < -0.3 is 5.32 Å². The maximum absolute atomic E-state index is 5.43. The van der Waals surface area contributed by atoms with Gasteiger partial charge in [-0.15, -0.1) is 12.3 Å². The summed E-state index contributed by atoms with van der Waals surface area (Å²) in [6.45, 7) is 6.77. The van der Waals surface area contributed by atoms with Crippen LogP contribution in [0.4, 0.5) is 0 Å². The molecule has 18 heavy (non-hydrogen) atoms. The zero-order valence-corrected chi connectivity index (χ0v) is 12.8. The van der Waals surface area contributed by atoms with Crippen molar-refractivity contribution in [2.45, 2.75) is 97.1 Å².